The average molecular weight is 133 g/mol. The molecule has 0 atom stereocenters. The van der Waals surface area contributed by atoms with Crippen molar-refractivity contribution in [2.45, 2.75) is 0 Å². The standard InChI is InChI=1S/C8H9N2/c1-2-7-6-9-5-3-8(7)10-4-1/h1-3,6,10H,4-5H2. The Bertz CT molecular complexity index is 223. The molecule has 0 fully saturated rings. The van der Waals surface area contributed by atoms with Crippen molar-refractivity contribution in [3.8, 4) is 0 Å². The number of hydrogen-bond donors (Lipinski definition) is 1. The highest BCUT2D eigenvalue weighted by atomic mass is 14.9. The summed E-state index contributed by atoms with van der Waals surface area (Å²) < 4.78 is 0. The van der Waals surface area contributed by atoms with Crippen molar-refractivity contribution in [3.63, 3.8) is 0 Å². The first kappa shape index (κ1) is 5.59. The minimum Gasteiger partial charge on any atom is -0.381 e. The highest BCUT2D eigenvalue weighted by Crippen LogP contribution is 2.13. The van der Waals surface area contributed by atoms with Crippen molar-refractivity contribution in [3.05, 3.63) is 35.7 Å². The molecule has 2 aliphatic heterocycles. The molecule has 1 N–H and O–H groups in total. The summed E-state index contributed by atoms with van der Waals surface area (Å²) >= 11 is 0. The zero-order chi connectivity index (χ0) is 6.81. The lowest BCUT2D eigenvalue weighted by molar-refractivity contribution is 0.835. The monoisotopic (exact) mass is 133 g/mol. The van der Waals surface area contributed by atoms with E-state index in [1.54, 1.807) is 0 Å². The molecule has 0 unspecified atom stereocenters. The smallest absolute Gasteiger partial charge is 0.0593 e. The van der Waals surface area contributed by atoms with Crippen molar-refractivity contribution < 1.29 is 0 Å². The number of fused-ring (bicyclic) bond motifs is 1. The summed E-state index contributed by atoms with van der Waals surface area (Å²) in [5, 5.41) is 7.40. The Hall–Kier alpha value is -1.18. The number of nitrogens with zero attached hydrogens (tertiary/aromatic N) is 1. The predicted molar refractivity (Wildman–Crippen MR) is 40.3 cm³/mol. The SMILES string of the molecule is C1=CC2=C[N]CC=C2NC1. The second-order valence-corrected chi connectivity index (χ2v) is 2.35. The van der Waals surface area contributed by atoms with Crippen molar-refractivity contribution in [1.82, 2.24) is 10.6 Å². The second-order valence-electron chi connectivity index (χ2n) is 2.35. The Labute approximate surface area is 60.3 Å². The molecular weight excluding hydrogens is 124 g/mol. The van der Waals surface area contributed by atoms with Crippen LogP contribution in [0.15, 0.2) is 35.7 Å². The molecule has 2 heteroatoms. The van der Waals surface area contributed by atoms with E-state index in [0.29, 0.717) is 0 Å². The number of hydrogen-bond acceptors (Lipinski definition) is 1. The predicted octanol–water partition coefficient (Wildman–Crippen LogP) is 0.532. The molecule has 0 bridgehead atoms. The zero-order valence-electron chi connectivity index (χ0n) is 5.67. The fourth-order valence-corrected chi connectivity index (χ4v) is 1.14. The summed E-state index contributed by atoms with van der Waals surface area (Å²) in [6, 6.07) is 0. The Balaban J connectivity index is 2.33. The average Bonchev–Trinajstić information content (AvgIpc) is 2.05. The summed E-state index contributed by atoms with van der Waals surface area (Å²) in [4.78, 5) is 0. The minimum atomic E-state index is 0.819. The van der Waals surface area contributed by atoms with Crippen LogP contribution in [0, 0.1) is 0 Å². The number of allylic oxidation sites excluding steroid dienone is 1. The van der Waals surface area contributed by atoms with Gasteiger partial charge >= 0.3 is 0 Å². The summed E-state index contributed by atoms with van der Waals surface area (Å²) in [7, 11) is 0. The van der Waals surface area contributed by atoms with E-state index in [1.807, 2.05) is 6.20 Å². The van der Waals surface area contributed by atoms with Crippen LogP contribution in [-0.2, 0) is 0 Å². The van der Waals surface area contributed by atoms with Crippen LogP contribution in [0.25, 0.3) is 0 Å². The molecule has 0 aromatic carbocycles. The van der Waals surface area contributed by atoms with Crippen LogP contribution < -0.4 is 10.6 Å². The molecule has 0 aromatic heterocycles. The summed E-state index contributed by atoms with van der Waals surface area (Å²) in [5.41, 5.74) is 2.44. The molecule has 51 valence electrons. The van der Waals surface area contributed by atoms with Gasteiger partial charge in [0.2, 0.25) is 0 Å². The van der Waals surface area contributed by atoms with Crippen LogP contribution in [0.2, 0.25) is 0 Å². The van der Waals surface area contributed by atoms with E-state index in [-0.39, 0.29) is 0 Å². The Kier molecular flexibility index (Phi) is 1.24. The summed E-state index contributed by atoms with van der Waals surface area (Å²) in [6.45, 7) is 1.77. The molecule has 0 spiro atoms. The van der Waals surface area contributed by atoms with E-state index < -0.39 is 0 Å². The topological polar surface area (TPSA) is 26.1 Å². The lowest BCUT2D eigenvalue weighted by Gasteiger charge is -2.17. The fraction of sp³-hybridized carbons (Fsp3) is 0.250. The fourth-order valence-electron chi connectivity index (χ4n) is 1.14. The highest BCUT2D eigenvalue weighted by Gasteiger charge is 2.07. The van der Waals surface area contributed by atoms with Crippen molar-refractivity contribution in [2.24, 2.45) is 0 Å². The van der Waals surface area contributed by atoms with Crippen LogP contribution in [0.3, 0.4) is 0 Å². The summed E-state index contributed by atoms with van der Waals surface area (Å²) in [5.74, 6) is 0. The molecule has 0 saturated carbocycles. The molecule has 10 heavy (non-hydrogen) atoms. The maximum Gasteiger partial charge on any atom is 0.0593 e. The van der Waals surface area contributed by atoms with Gasteiger partial charge in [-0.2, -0.15) is 0 Å². The lowest BCUT2D eigenvalue weighted by atomic mass is 10.1. The largest absolute Gasteiger partial charge is 0.381 e. The van der Waals surface area contributed by atoms with Gasteiger partial charge < -0.3 is 5.32 Å². The first-order valence-corrected chi connectivity index (χ1v) is 3.44. The van der Waals surface area contributed by atoms with Crippen molar-refractivity contribution in [1.29, 1.82) is 0 Å². The first-order chi connectivity index (χ1) is 4.97. The van der Waals surface area contributed by atoms with Crippen LogP contribution in [-0.4, -0.2) is 13.1 Å². The van der Waals surface area contributed by atoms with E-state index in [1.165, 1.54) is 11.3 Å². The molecule has 2 heterocycles. The lowest BCUT2D eigenvalue weighted by Crippen LogP contribution is -2.22. The third-order valence-electron chi connectivity index (χ3n) is 1.65. The molecule has 2 nitrogen and oxygen atoms in total. The van der Waals surface area contributed by atoms with Gasteiger partial charge in [0.1, 0.15) is 0 Å². The first-order valence-electron chi connectivity index (χ1n) is 3.44. The zero-order valence-corrected chi connectivity index (χ0v) is 5.67. The van der Waals surface area contributed by atoms with Crippen LogP contribution in [0.5, 0.6) is 0 Å². The van der Waals surface area contributed by atoms with E-state index in [0.717, 1.165) is 13.1 Å². The van der Waals surface area contributed by atoms with Gasteiger partial charge in [-0.25, -0.2) is 0 Å². The Morgan fingerprint density at radius 1 is 1.50 bits per heavy atom. The van der Waals surface area contributed by atoms with E-state index in [4.69, 9.17) is 0 Å². The molecule has 1 radical (unpaired) electrons. The van der Waals surface area contributed by atoms with Gasteiger partial charge in [0, 0.05) is 24.0 Å². The van der Waals surface area contributed by atoms with Gasteiger partial charge in [-0.05, 0) is 6.08 Å². The van der Waals surface area contributed by atoms with Gasteiger partial charge in [0.15, 0.2) is 0 Å². The molecule has 0 amide bonds. The minimum absolute atomic E-state index is 0.819. The maximum atomic E-state index is 4.13. The van der Waals surface area contributed by atoms with Crippen molar-refractivity contribution in [2.75, 3.05) is 13.1 Å². The normalized spacial score (nSPS) is 21.6. The third kappa shape index (κ3) is 0.817. The van der Waals surface area contributed by atoms with Gasteiger partial charge in [0.05, 0.1) is 6.54 Å². The maximum absolute atomic E-state index is 4.13. The quantitative estimate of drug-likeness (QED) is 0.512. The van der Waals surface area contributed by atoms with Crippen LogP contribution in [0.1, 0.15) is 0 Å². The molecule has 0 saturated heterocycles. The number of rotatable bonds is 0. The van der Waals surface area contributed by atoms with Crippen molar-refractivity contribution >= 4 is 0 Å². The number of nitrogens with one attached hydrogen (secondary N) is 1. The van der Waals surface area contributed by atoms with Crippen LogP contribution in [0.4, 0.5) is 0 Å². The summed E-state index contributed by atoms with van der Waals surface area (Å²) in [6.07, 6.45) is 8.23. The Morgan fingerprint density at radius 2 is 2.50 bits per heavy atom. The van der Waals surface area contributed by atoms with Crippen LogP contribution >= 0.6 is 0 Å². The third-order valence-corrected chi connectivity index (χ3v) is 1.65. The Morgan fingerprint density at radius 3 is 3.40 bits per heavy atom. The highest BCUT2D eigenvalue weighted by molar-refractivity contribution is 5.42. The van der Waals surface area contributed by atoms with Gasteiger partial charge in [-0.1, -0.05) is 12.2 Å². The molecular formula is C8H9N2. The second kappa shape index (κ2) is 2.21. The van der Waals surface area contributed by atoms with Gasteiger partial charge in [0.25, 0.3) is 0 Å². The van der Waals surface area contributed by atoms with E-state index >= 15 is 0 Å². The van der Waals surface area contributed by atoms with E-state index in [2.05, 4.69) is 28.9 Å². The van der Waals surface area contributed by atoms with E-state index in [9.17, 15) is 0 Å². The van der Waals surface area contributed by atoms with Gasteiger partial charge in [-0.15, -0.1) is 0 Å². The molecule has 2 rings (SSSR count). The molecule has 0 aromatic rings. The molecule has 0 aliphatic carbocycles. The molecule has 2 aliphatic rings. The van der Waals surface area contributed by atoms with Gasteiger partial charge in [-0.3, -0.25) is 5.32 Å².